The summed E-state index contributed by atoms with van der Waals surface area (Å²) in [6, 6.07) is 16.0. The minimum atomic E-state index is -0.180. The maximum atomic E-state index is 13.0. The van der Waals surface area contributed by atoms with Crippen LogP contribution in [0.5, 0.6) is 5.75 Å². The van der Waals surface area contributed by atoms with Crippen LogP contribution >= 0.6 is 0 Å². The molecule has 1 aliphatic heterocycles. The highest BCUT2D eigenvalue weighted by molar-refractivity contribution is 5.80. The van der Waals surface area contributed by atoms with Gasteiger partial charge in [-0.2, -0.15) is 0 Å². The van der Waals surface area contributed by atoms with Crippen molar-refractivity contribution in [3.63, 3.8) is 0 Å². The first-order valence-electron chi connectivity index (χ1n) is 10.6. The first kappa shape index (κ1) is 22.8. The molecule has 0 radical (unpaired) electrons. The third-order valence-corrected chi connectivity index (χ3v) is 5.77. The van der Waals surface area contributed by atoms with Crippen molar-refractivity contribution in [2.24, 2.45) is 11.7 Å². The number of likely N-dealkylation sites (tertiary alicyclic amines) is 1. The summed E-state index contributed by atoms with van der Waals surface area (Å²) < 4.78 is 5.18. The SMILES string of the molecule is COc1ccc(CCNC(=O)[C@H]2CN(C)C[C@H]2c2cccc(CNC(=O)CN)c2)cc1. The fourth-order valence-electron chi connectivity index (χ4n) is 4.06. The Balaban J connectivity index is 1.59. The summed E-state index contributed by atoms with van der Waals surface area (Å²) in [7, 11) is 3.69. The van der Waals surface area contributed by atoms with E-state index in [1.807, 2.05) is 43.4 Å². The van der Waals surface area contributed by atoms with E-state index in [1.54, 1.807) is 7.11 Å². The molecule has 2 aromatic carbocycles. The van der Waals surface area contributed by atoms with Crippen molar-refractivity contribution in [2.75, 3.05) is 40.3 Å². The number of nitrogens with zero attached hydrogens (tertiary/aromatic N) is 1. The maximum Gasteiger partial charge on any atom is 0.234 e. The number of ether oxygens (including phenoxy) is 1. The molecule has 3 rings (SSSR count). The molecule has 1 aliphatic rings. The third-order valence-electron chi connectivity index (χ3n) is 5.77. The number of carbonyl (C=O) groups is 2. The molecule has 0 spiro atoms. The molecule has 1 fully saturated rings. The summed E-state index contributed by atoms with van der Waals surface area (Å²) in [6.45, 7) is 2.57. The van der Waals surface area contributed by atoms with Crippen LogP contribution in [0.15, 0.2) is 48.5 Å². The maximum absolute atomic E-state index is 13.0. The monoisotopic (exact) mass is 424 g/mol. The molecule has 0 aromatic heterocycles. The minimum Gasteiger partial charge on any atom is -0.497 e. The largest absolute Gasteiger partial charge is 0.497 e. The van der Waals surface area contributed by atoms with Crippen LogP contribution in [0, 0.1) is 5.92 Å². The average molecular weight is 425 g/mol. The van der Waals surface area contributed by atoms with E-state index in [-0.39, 0.29) is 30.2 Å². The molecule has 0 bridgehead atoms. The highest BCUT2D eigenvalue weighted by atomic mass is 16.5. The van der Waals surface area contributed by atoms with Gasteiger partial charge in [0.2, 0.25) is 11.8 Å². The van der Waals surface area contributed by atoms with Crippen molar-refractivity contribution in [1.82, 2.24) is 15.5 Å². The van der Waals surface area contributed by atoms with Gasteiger partial charge in [0.25, 0.3) is 0 Å². The molecule has 0 aliphatic carbocycles. The van der Waals surface area contributed by atoms with Gasteiger partial charge in [-0.1, -0.05) is 36.4 Å². The first-order valence-corrected chi connectivity index (χ1v) is 10.6. The number of methoxy groups -OCH3 is 1. The Bertz CT molecular complexity index is 885. The van der Waals surface area contributed by atoms with E-state index >= 15 is 0 Å². The summed E-state index contributed by atoms with van der Waals surface area (Å²) in [5, 5.41) is 5.91. The van der Waals surface area contributed by atoms with Gasteiger partial charge in [0, 0.05) is 32.1 Å². The molecule has 1 heterocycles. The molecule has 2 amide bonds. The fraction of sp³-hybridized carbons (Fsp3) is 0.417. The molecule has 2 aromatic rings. The third kappa shape index (κ3) is 6.29. The predicted molar refractivity (Wildman–Crippen MR) is 121 cm³/mol. The Kier molecular flexibility index (Phi) is 8.03. The van der Waals surface area contributed by atoms with Crippen LogP contribution in [0.3, 0.4) is 0 Å². The van der Waals surface area contributed by atoms with E-state index in [9.17, 15) is 9.59 Å². The van der Waals surface area contributed by atoms with Crippen molar-refractivity contribution in [3.05, 3.63) is 65.2 Å². The Labute approximate surface area is 183 Å². The van der Waals surface area contributed by atoms with Crippen molar-refractivity contribution in [2.45, 2.75) is 18.9 Å². The van der Waals surface area contributed by atoms with Crippen LogP contribution in [0.25, 0.3) is 0 Å². The number of hydrogen-bond acceptors (Lipinski definition) is 5. The summed E-state index contributed by atoms with van der Waals surface area (Å²) in [4.78, 5) is 26.6. The Morgan fingerprint density at radius 2 is 1.87 bits per heavy atom. The average Bonchev–Trinajstić information content (AvgIpc) is 3.20. The normalized spacial score (nSPS) is 18.5. The van der Waals surface area contributed by atoms with Gasteiger partial charge in [-0.05, 0) is 42.3 Å². The summed E-state index contributed by atoms with van der Waals surface area (Å²) in [5.41, 5.74) is 8.65. The second-order valence-electron chi connectivity index (χ2n) is 8.05. The van der Waals surface area contributed by atoms with Gasteiger partial charge in [-0.25, -0.2) is 0 Å². The number of amides is 2. The molecule has 31 heavy (non-hydrogen) atoms. The lowest BCUT2D eigenvalue weighted by Crippen LogP contribution is -2.35. The van der Waals surface area contributed by atoms with E-state index in [4.69, 9.17) is 10.5 Å². The Morgan fingerprint density at radius 3 is 2.58 bits per heavy atom. The molecule has 0 unspecified atom stereocenters. The summed E-state index contributed by atoms with van der Waals surface area (Å²) in [5.74, 6) is 0.755. The number of nitrogens with two attached hydrogens (primary N) is 1. The van der Waals surface area contributed by atoms with E-state index in [1.165, 1.54) is 0 Å². The number of nitrogens with one attached hydrogen (secondary N) is 2. The Hall–Kier alpha value is -2.90. The number of likely N-dealkylation sites (N-methyl/N-ethyl adjacent to an activating group) is 1. The molecule has 166 valence electrons. The van der Waals surface area contributed by atoms with Crippen LogP contribution in [0.2, 0.25) is 0 Å². The summed E-state index contributed by atoms with van der Waals surface area (Å²) in [6.07, 6.45) is 0.777. The van der Waals surface area contributed by atoms with Gasteiger partial charge < -0.3 is 26.0 Å². The van der Waals surface area contributed by atoms with Gasteiger partial charge in [0.1, 0.15) is 5.75 Å². The zero-order chi connectivity index (χ0) is 22.2. The molecule has 1 saturated heterocycles. The van der Waals surface area contributed by atoms with Crippen molar-refractivity contribution in [1.29, 1.82) is 0 Å². The zero-order valence-corrected chi connectivity index (χ0v) is 18.3. The van der Waals surface area contributed by atoms with Crippen molar-refractivity contribution in [3.8, 4) is 5.75 Å². The number of carbonyl (C=O) groups excluding carboxylic acids is 2. The smallest absolute Gasteiger partial charge is 0.234 e. The van der Waals surface area contributed by atoms with Crippen LogP contribution in [0.4, 0.5) is 0 Å². The molecule has 0 saturated carbocycles. The zero-order valence-electron chi connectivity index (χ0n) is 18.3. The molecular formula is C24H32N4O3. The van der Waals surface area contributed by atoms with Gasteiger partial charge in [0.05, 0.1) is 19.6 Å². The molecule has 4 N–H and O–H groups in total. The topological polar surface area (TPSA) is 96.7 Å². The van der Waals surface area contributed by atoms with Crippen LogP contribution in [-0.4, -0.2) is 57.1 Å². The van der Waals surface area contributed by atoms with Gasteiger partial charge in [-0.15, -0.1) is 0 Å². The van der Waals surface area contributed by atoms with Gasteiger partial charge >= 0.3 is 0 Å². The lowest BCUT2D eigenvalue weighted by Gasteiger charge is -2.19. The van der Waals surface area contributed by atoms with Crippen LogP contribution in [0.1, 0.15) is 22.6 Å². The first-order chi connectivity index (χ1) is 15.0. The predicted octanol–water partition coefficient (Wildman–Crippen LogP) is 1.27. The fourth-order valence-corrected chi connectivity index (χ4v) is 4.06. The van der Waals surface area contributed by atoms with Gasteiger partial charge in [0.15, 0.2) is 0 Å². The Morgan fingerprint density at radius 1 is 1.10 bits per heavy atom. The lowest BCUT2D eigenvalue weighted by molar-refractivity contribution is -0.125. The van der Waals surface area contributed by atoms with Crippen LogP contribution in [-0.2, 0) is 22.6 Å². The molecule has 2 atom stereocenters. The van der Waals surface area contributed by atoms with E-state index < -0.39 is 0 Å². The minimum absolute atomic E-state index is 0.0219. The number of rotatable bonds is 9. The van der Waals surface area contributed by atoms with Crippen molar-refractivity contribution >= 4 is 11.8 Å². The molecule has 7 nitrogen and oxygen atoms in total. The highest BCUT2D eigenvalue weighted by Crippen LogP contribution is 2.32. The second-order valence-corrected chi connectivity index (χ2v) is 8.05. The van der Waals surface area contributed by atoms with Gasteiger partial charge in [-0.3, -0.25) is 9.59 Å². The number of hydrogen-bond donors (Lipinski definition) is 3. The standard InChI is InChI=1S/C24H32N4O3/c1-28-15-21(19-5-3-4-18(12-19)14-27-23(29)13-25)22(16-28)24(30)26-11-10-17-6-8-20(31-2)9-7-17/h3-9,12,21-22H,10-11,13-16,25H2,1-2H3,(H,26,30)(H,27,29)/t21-,22-/m0/s1. The van der Waals surface area contributed by atoms with E-state index in [0.717, 1.165) is 42.0 Å². The van der Waals surface area contributed by atoms with E-state index in [0.29, 0.717) is 13.1 Å². The molecular weight excluding hydrogens is 392 g/mol. The lowest BCUT2D eigenvalue weighted by atomic mass is 9.87. The number of benzene rings is 2. The molecule has 7 heteroatoms. The van der Waals surface area contributed by atoms with Crippen LogP contribution < -0.4 is 21.1 Å². The quantitative estimate of drug-likeness (QED) is 0.563. The second kappa shape index (κ2) is 10.9. The van der Waals surface area contributed by atoms with Crippen molar-refractivity contribution < 1.29 is 14.3 Å². The highest BCUT2D eigenvalue weighted by Gasteiger charge is 2.36. The van der Waals surface area contributed by atoms with E-state index in [2.05, 4.69) is 27.7 Å². The summed E-state index contributed by atoms with van der Waals surface area (Å²) >= 11 is 0.